The van der Waals surface area contributed by atoms with Crippen LogP contribution in [0.5, 0.6) is 0 Å². The van der Waals surface area contributed by atoms with Crippen molar-refractivity contribution in [3.05, 3.63) is 0 Å². The fourth-order valence-corrected chi connectivity index (χ4v) is 1.50. The molecule has 0 aliphatic carbocycles. The predicted molar refractivity (Wildman–Crippen MR) is 44.9 cm³/mol. The van der Waals surface area contributed by atoms with Crippen molar-refractivity contribution in [2.45, 2.75) is 28.9 Å². The van der Waals surface area contributed by atoms with E-state index in [4.69, 9.17) is 0 Å². The van der Waals surface area contributed by atoms with E-state index in [9.17, 15) is 39.5 Å². The van der Waals surface area contributed by atoms with Crippen LogP contribution in [-0.4, -0.2) is 38.2 Å². The predicted octanol–water partition coefficient (Wildman–Crippen LogP) is 4.19. The largest absolute Gasteiger partial charge is 0.401 e. The lowest BCUT2D eigenvalue weighted by molar-refractivity contribution is -0.370. The summed E-state index contributed by atoms with van der Waals surface area (Å²) in [4.78, 5) is -2.79. The molecule has 0 bridgehead atoms. The van der Waals surface area contributed by atoms with E-state index >= 15 is 0 Å². The Balaban J connectivity index is 3.50. The van der Waals surface area contributed by atoms with E-state index < -0.39 is 38.2 Å². The maximum Gasteiger partial charge on any atom is 0.401 e. The summed E-state index contributed by atoms with van der Waals surface area (Å²) in [5.74, 6) is 0. The van der Waals surface area contributed by atoms with Crippen molar-refractivity contribution in [1.82, 2.24) is 9.32 Å². The molecule has 0 aromatic rings. The van der Waals surface area contributed by atoms with Crippen molar-refractivity contribution >= 4 is 35.0 Å². The number of rotatable bonds is 2. The Hall–Kier alpha value is 0.160. The van der Waals surface area contributed by atoms with Gasteiger partial charge in [0.2, 0.25) is 0 Å². The number of hydrogen-bond acceptors (Lipinski definition) is 2. The van der Waals surface area contributed by atoms with Crippen LogP contribution in [0.1, 0.15) is 0 Å². The molecule has 1 aliphatic rings. The van der Waals surface area contributed by atoms with Crippen LogP contribution in [0.2, 0.25) is 0 Å². The van der Waals surface area contributed by atoms with Crippen molar-refractivity contribution in [3.63, 3.8) is 0 Å². The van der Waals surface area contributed by atoms with Gasteiger partial charge in [-0.1, -0.05) is 32.5 Å². The molecule has 0 aromatic heterocycles. The van der Waals surface area contributed by atoms with Gasteiger partial charge in [-0.25, -0.2) is 0 Å². The molecule has 2 nitrogen and oxygen atoms in total. The normalized spacial score (nSPS) is 27.8. The van der Waals surface area contributed by atoms with Gasteiger partial charge in [-0.15, -0.1) is 0 Å². The first kappa shape index (κ1) is 17.2. The quantitative estimate of drug-likeness (QED) is 0.313. The summed E-state index contributed by atoms with van der Waals surface area (Å²) in [5.41, 5.74) is 0. The minimum atomic E-state index is -6.26. The monoisotopic (exact) mass is 364 g/mol. The molecule has 0 aromatic carbocycles. The van der Waals surface area contributed by atoms with E-state index in [0.29, 0.717) is 0 Å². The van der Waals surface area contributed by atoms with Gasteiger partial charge in [0.15, 0.2) is 0 Å². The van der Waals surface area contributed by atoms with Crippen LogP contribution in [0.3, 0.4) is 0 Å². The van der Waals surface area contributed by atoms with Gasteiger partial charge in [0.25, 0.3) is 0 Å². The van der Waals surface area contributed by atoms with E-state index in [-0.39, 0.29) is 0 Å². The zero-order valence-electron chi connectivity index (χ0n) is 7.93. The minimum absolute atomic E-state index is 2.17. The molecule has 0 saturated carbocycles. The second-order valence-electron chi connectivity index (χ2n) is 3.25. The highest BCUT2D eigenvalue weighted by Crippen LogP contribution is 2.61. The average molecular weight is 365 g/mol. The molecule has 19 heavy (non-hydrogen) atoms. The SMILES string of the molecule is FC1(F)N(Cl)C(F)(F)C(F)(F)N1C(F)(F)C(F)(Cl)Cl. The molecule has 0 N–H and O–H groups in total. The minimum Gasteiger partial charge on any atom is -0.199 e. The van der Waals surface area contributed by atoms with Gasteiger partial charge in [0.05, 0.1) is 0 Å². The zero-order chi connectivity index (χ0) is 15.7. The van der Waals surface area contributed by atoms with E-state index in [2.05, 4.69) is 35.0 Å². The van der Waals surface area contributed by atoms with Gasteiger partial charge in [0.1, 0.15) is 0 Å². The van der Waals surface area contributed by atoms with Crippen LogP contribution in [0.25, 0.3) is 0 Å². The van der Waals surface area contributed by atoms with Gasteiger partial charge in [-0.2, -0.15) is 39.5 Å². The van der Waals surface area contributed by atoms with Gasteiger partial charge in [-0.3, -0.25) is 0 Å². The van der Waals surface area contributed by atoms with Crippen molar-refractivity contribution in [3.8, 4) is 0 Å². The molecule has 1 fully saturated rings. The van der Waals surface area contributed by atoms with E-state index in [1.54, 1.807) is 0 Å². The molecule has 0 unspecified atom stereocenters. The summed E-state index contributed by atoms with van der Waals surface area (Å²) >= 11 is 12.5. The number of hydrogen-bond donors (Lipinski definition) is 0. The highest BCUT2D eigenvalue weighted by atomic mass is 35.5. The summed E-state index contributed by atoms with van der Waals surface area (Å²) in [6.07, 6.45) is -5.85. The van der Waals surface area contributed by atoms with Gasteiger partial charge in [0, 0.05) is 0 Å². The molecule has 14 heteroatoms. The van der Waals surface area contributed by atoms with Crippen LogP contribution in [0, 0.1) is 0 Å². The molecule has 0 amide bonds. The third-order valence-corrected chi connectivity index (χ3v) is 2.89. The van der Waals surface area contributed by atoms with Gasteiger partial charge in [-0.05, 0) is 11.8 Å². The summed E-state index contributed by atoms with van der Waals surface area (Å²) in [6, 6.07) is -18.3. The molecular formula is C5Cl3F9N2. The molecule has 0 spiro atoms. The molecule has 1 aliphatic heterocycles. The first-order chi connectivity index (χ1) is 8.02. The lowest BCUT2D eigenvalue weighted by Gasteiger charge is -2.36. The topological polar surface area (TPSA) is 6.48 Å². The van der Waals surface area contributed by atoms with Crippen molar-refractivity contribution in [2.75, 3.05) is 0 Å². The van der Waals surface area contributed by atoms with Crippen LogP contribution >= 0.6 is 35.0 Å². The second kappa shape index (κ2) is 4.09. The molecule has 114 valence electrons. The number of halogens is 12. The maximum absolute atomic E-state index is 13.1. The smallest absolute Gasteiger partial charge is 0.199 e. The van der Waals surface area contributed by atoms with Crippen LogP contribution in [0.4, 0.5) is 39.5 Å². The maximum atomic E-state index is 13.1. The van der Waals surface area contributed by atoms with Crippen molar-refractivity contribution in [2.24, 2.45) is 0 Å². The second-order valence-corrected chi connectivity index (χ2v) is 4.82. The summed E-state index contributed by atoms with van der Waals surface area (Å²) < 4.78 is 109. The Labute approximate surface area is 113 Å². The van der Waals surface area contributed by atoms with Crippen molar-refractivity contribution in [1.29, 1.82) is 0 Å². The summed E-state index contributed by atoms with van der Waals surface area (Å²) in [5, 5.41) is 0. The summed E-state index contributed by atoms with van der Waals surface area (Å²) in [6.45, 7) is 0. The third kappa shape index (κ3) is 2.04. The first-order valence-corrected chi connectivity index (χ1v) is 4.96. The number of nitrogens with zero attached hydrogens (tertiary/aromatic N) is 2. The number of alkyl halides is 11. The third-order valence-electron chi connectivity index (χ3n) is 2.02. The molecule has 0 radical (unpaired) electrons. The Bertz CT molecular complexity index is 373. The molecule has 0 atom stereocenters. The molecular weight excluding hydrogens is 365 g/mol. The van der Waals surface area contributed by atoms with Crippen LogP contribution in [-0.2, 0) is 0 Å². The highest BCUT2D eigenvalue weighted by molar-refractivity contribution is 6.47. The van der Waals surface area contributed by atoms with E-state index in [0.717, 1.165) is 0 Å². The van der Waals surface area contributed by atoms with Gasteiger partial charge >= 0.3 is 28.9 Å². The summed E-state index contributed by atoms with van der Waals surface area (Å²) in [7, 11) is 0. The Morgan fingerprint density at radius 3 is 1.37 bits per heavy atom. The van der Waals surface area contributed by atoms with E-state index in [1.165, 1.54) is 0 Å². The molecule has 1 heterocycles. The Morgan fingerprint density at radius 2 is 1.16 bits per heavy atom. The lowest BCUT2D eigenvalue weighted by Crippen LogP contribution is -2.63. The standard InChI is InChI=1S/C5Cl3F9N2/c6-1(7,9)2(10,11)18-3(12,13)4(14,15)19(8)5(18,16)17. The Morgan fingerprint density at radius 1 is 0.789 bits per heavy atom. The Kier molecular flexibility index (Phi) is 3.70. The van der Waals surface area contributed by atoms with E-state index in [1.807, 2.05) is 0 Å². The zero-order valence-corrected chi connectivity index (χ0v) is 10.2. The highest BCUT2D eigenvalue weighted by Gasteiger charge is 2.88. The lowest BCUT2D eigenvalue weighted by atomic mass is 10.4. The van der Waals surface area contributed by atoms with Crippen molar-refractivity contribution < 1.29 is 39.5 Å². The molecule has 1 saturated heterocycles. The van der Waals surface area contributed by atoms with Crippen LogP contribution < -0.4 is 0 Å². The average Bonchev–Trinajstić information content (AvgIpc) is 2.20. The fraction of sp³-hybridized carbons (Fsp3) is 1.00. The van der Waals surface area contributed by atoms with Gasteiger partial charge < -0.3 is 0 Å². The fourth-order valence-electron chi connectivity index (χ4n) is 1.15. The molecule has 1 rings (SSSR count). The van der Waals surface area contributed by atoms with Crippen LogP contribution in [0.15, 0.2) is 0 Å². The first-order valence-electron chi connectivity index (χ1n) is 3.87.